The maximum absolute atomic E-state index is 12.8. The summed E-state index contributed by atoms with van der Waals surface area (Å²) in [7, 11) is 0. The Hall–Kier alpha value is -2.71. The highest BCUT2D eigenvalue weighted by Crippen LogP contribution is 2.30. The van der Waals surface area contributed by atoms with Crippen LogP contribution in [0.2, 0.25) is 0 Å². The van der Waals surface area contributed by atoms with Crippen LogP contribution >= 0.6 is 0 Å². The average molecular weight is 389 g/mol. The number of amidine groups is 1. The van der Waals surface area contributed by atoms with E-state index in [1.807, 2.05) is 19.9 Å². The molecule has 2 aliphatic carbocycles. The Morgan fingerprint density at radius 3 is 2.75 bits per heavy atom. The van der Waals surface area contributed by atoms with Crippen LogP contribution in [0.5, 0.6) is 0 Å². The predicted octanol–water partition coefficient (Wildman–Crippen LogP) is 2.14. The van der Waals surface area contributed by atoms with Crippen molar-refractivity contribution in [3.05, 3.63) is 23.3 Å². The molecule has 28 heavy (non-hydrogen) atoms. The number of hydrazone groups is 1. The maximum atomic E-state index is 12.8. The minimum atomic E-state index is -0.830. The van der Waals surface area contributed by atoms with Crippen molar-refractivity contribution in [1.82, 2.24) is 15.9 Å². The molecule has 1 unspecified atom stereocenters. The molecule has 0 saturated heterocycles. The number of hydrogen-bond donors (Lipinski definition) is 2. The summed E-state index contributed by atoms with van der Waals surface area (Å²) in [5.74, 6) is -0.443. The second-order valence-corrected chi connectivity index (χ2v) is 8.22. The fourth-order valence-electron chi connectivity index (χ4n) is 3.57. The lowest BCUT2D eigenvalue weighted by Crippen LogP contribution is -2.37. The Balaban J connectivity index is 1.48. The number of ether oxygens (including phenoxy) is 1. The van der Waals surface area contributed by atoms with Crippen molar-refractivity contribution in [2.24, 2.45) is 10.1 Å². The van der Waals surface area contributed by atoms with Gasteiger partial charge in [-0.1, -0.05) is 10.6 Å². The molecule has 4 rings (SSSR count). The number of amides is 2. The van der Waals surface area contributed by atoms with Crippen molar-refractivity contribution in [2.75, 3.05) is 6.54 Å². The topological polar surface area (TPSA) is 95.4 Å². The number of carbonyl (C=O) groups excluding carboxylic acids is 2. The first kappa shape index (κ1) is 18.6. The molecule has 8 nitrogen and oxygen atoms in total. The third-order valence-electron chi connectivity index (χ3n) is 5.14. The normalized spacial score (nSPS) is 25.7. The van der Waals surface area contributed by atoms with Crippen LogP contribution in [-0.4, -0.2) is 52.8 Å². The molecule has 4 aliphatic rings. The zero-order valence-corrected chi connectivity index (χ0v) is 16.0. The van der Waals surface area contributed by atoms with Crippen LogP contribution in [0, 0.1) is 0 Å². The van der Waals surface area contributed by atoms with Crippen molar-refractivity contribution >= 4 is 23.5 Å². The molecule has 0 spiro atoms. The summed E-state index contributed by atoms with van der Waals surface area (Å²) >= 11 is 0. The summed E-state index contributed by atoms with van der Waals surface area (Å²) < 4.78 is 18.3. The first-order chi connectivity index (χ1) is 13.3. The lowest BCUT2D eigenvalue weighted by atomic mass is 9.92. The smallest absolute Gasteiger partial charge is 0.407 e. The van der Waals surface area contributed by atoms with Crippen LogP contribution in [0.25, 0.3) is 0 Å². The first-order valence-corrected chi connectivity index (χ1v) is 9.60. The van der Waals surface area contributed by atoms with Crippen molar-refractivity contribution in [1.29, 1.82) is 0 Å². The summed E-state index contributed by atoms with van der Waals surface area (Å²) in [5, 5.41) is 9.09. The van der Waals surface area contributed by atoms with Crippen molar-refractivity contribution in [3.63, 3.8) is 0 Å². The molecule has 2 heterocycles. The lowest BCUT2D eigenvalue weighted by Gasteiger charge is -2.26. The number of rotatable bonds is 4. The molecule has 1 fully saturated rings. The number of carbonyl (C=O) groups is 2. The number of alkyl carbamates (subject to hydrolysis) is 1. The van der Waals surface area contributed by atoms with Gasteiger partial charge < -0.3 is 10.1 Å². The number of hydrogen-bond acceptors (Lipinski definition) is 6. The SMILES string of the molecule is CC1(C)CN2N=C(C3=CCC(OC(=O)NC4CC4)CC3)C=C(C(=O)NF)C2=N1. The summed E-state index contributed by atoms with van der Waals surface area (Å²) in [5.41, 5.74) is 2.53. The van der Waals surface area contributed by atoms with E-state index in [9.17, 15) is 14.1 Å². The quantitative estimate of drug-likeness (QED) is 0.720. The van der Waals surface area contributed by atoms with E-state index in [-0.39, 0.29) is 23.8 Å². The fourth-order valence-corrected chi connectivity index (χ4v) is 3.57. The monoisotopic (exact) mass is 389 g/mol. The highest BCUT2D eigenvalue weighted by atomic mass is 19.2. The Morgan fingerprint density at radius 2 is 2.11 bits per heavy atom. The molecule has 0 bridgehead atoms. The molecule has 0 radical (unpaired) electrons. The summed E-state index contributed by atoms with van der Waals surface area (Å²) in [4.78, 5) is 28.3. The van der Waals surface area contributed by atoms with E-state index in [0.717, 1.165) is 18.4 Å². The van der Waals surface area contributed by atoms with Gasteiger partial charge in [-0.05, 0) is 51.2 Å². The van der Waals surface area contributed by atoms with Gasteiger partial charge in [0.05, 0.1) is 23.4 Å². The molecule has 0 aromatic rings. The number of fused-ring (bicyclic) bond motifs is 1. The Kier molecular flexibility index (Phi) is 4.68. The fraction of sp³-hybridized carbons (Fsp3) is 0.579. The second-order valence-electron chi connectivity index (χ2n) is 8.22. The molecule has 2 amide bonds. The molecule has 9 heteroatoms. The van der Waals surface area contributed by atoms with Crippen LogP contribution in [0.4, 0.5) is 9.28 Å². The van der Waals surface area contributed by atoms with Gasteiger partial charge in [-0.15, -0.1) is 0 Å². The van der Waals surface area contributed by atoms with Gasteiger partial charge in [-0.2, -0.15) is 10.6 Å². The van der Waals surface area contributed by atoms with E-state index in [2.05, 4.69) is 15.4 Å². The summed E-state index contributed by atoms with van der Waals surface area (Å²) in [6.07, 6.45) is 6.97. The zero-order valence-electron chi connectivity index (χ0n) is 16.0. The first-order valence-electron chi connectivity index (χ1n) is 9.60. The Bertz CT molecular complexity index is 825. The number of aliphatic imine (C=N–C) groups is 1. The Labute approximate surface area is 162 Å². The van der Waals surface area contributed by atoms with Gasteiger partial charge in [0.2, 0.25) is 0 Å². The van der Waals surface area contributed by atoms with Gasteiger partial charge in [0.25, 0.3) is 5.91 Å². The zero-order chi connectivity index (χ0) is 19.9. The average Bonchev–Trinajstić information content (AvgIpc) is 3.40. The van der Waals surface area contributed by atoms with E-state index in [1.165, 1.54) is 5.54 Å². The standard InChI is InChI=1S/C19H24FN5O3/c1-19(2)10-25-16(22-19)14(17(26)23-20)9-15(24-25)11-3-7-13(8-4-11)28-18(27)21-12-5-6-12/h3,9,12-13H,4-8,10H2,1-2H3,(H,21,27)(H,23,26). The highest BCUT2D eigenvalue weighted by molar-refractivity contribution is 6.28. The van der Waals surface area contributed by atoms with Crippen LogP contribution in [0.1, 0.15) is 46.0 Å². The van der Waals surface area contributed by atoms with Crippen molar-refractivity contribution in [2.45, 2.75) is 63.6 Å². The van der Waals surface area contributed by atoms with Gasteiger partial charge in [0.15, 0.2) is 5.84 Å². The molecule has 2 aliphatic heterocycles. The van der Waals surface area contributed by atoms with E-state index in [4.69, 9.17) is 4.74 Å². The summed E-state index contributed by atoms with van der Waals surface area (Å²) in [6, 6.07) is 0.268. The van der Waals surface area contributed by atoms with Crippen LogP contribution < -0.4 is 10.9 Å². The molecule has 0 aromatic carbocycles. The predicted molar refractivity (Wildman–Crippen MR) is 101 cm³/mol. The van der Waals surface area contributed by atoms with Gasteiger partial charge in [0.1, 0.15) is 6.10 Å². The molecule has 0 aromatic heterocycles. The number of nitrogens with zero attached hydrogens (tertiary/aromatic N) is 3. The minimum Gasteiger partial charge on any atom is -0.446 e. The second kappa shape index (κ2) is 7.03. The van der Waals surface area contributed by atoms with Crippen LogP contribution in [0.3, 0.4) is 0 Å². The molecular formula is C19H24FN5O3. The molecular weight excluding hydrogens is 365 g/mol. The maximum Gasteiger partial charge on any atom is 0.407 e. The molecule has 150 valence electrons. The molecule has 1 atom stereocenters. The summed E-state index contributed by atoms with van der Waals surface area (Å²) in [6.45, 7) is 4.39. The lowest BCUT2D eigenvalue weighted by molar-refractivity contribution is -0.121. The molecule has 1 saturated carbocycles. The minimum absolute atomic E-state index is 0.168. The number of allylic oxidation sites excluding steroid dienone is 2. The Morgan fingerprint density at radius 1 is 1.32 bits per heavy atom. The van der Waals surface area contributed by atoms with Gasteiger partial charge >= 0.3 is 6.09 Å². The van der Waals surface area contributed by atoms with Crippen LogP contribution in [0.15, 0.2) is 33.4 Å². The van der Waals surface area contributed by atoms with E-state index in [0.29, 0.717) is 37.4 Å². The van der Waals surface area contributed by atoms with Crippen LogP contribution in [-0.2, 0) is 9.53 Å². The van der Waals surface area contributed by atoms with Gasteiger partial charge in [-0.25, -0.2) is 9.80 Å². The number of nitrogens with one attached hydrogen (secondary N) is 2. The highest BCUT2D eigenvalue weighted by Gasteiger charge is 2.38. The third-order valence-corrected chi connectivity index (χ3v) is 5.14. The van der Waals surface area contributed by atoms with Crippen molar-refractivity contribution < 1.29 is 18.8 Å². The van der Waals surface area contributed by atoms with E-state index in [1.54, 1.807) is 11.1 Å². The van der Waals surface area contributed by atoms with Gasteiger partial charge in [-0.3, -0.25) is 9.79 Å². The number of halogens is 1. The van der Waals surface area contributed by atoms with E-state index < -0.39 is 11.4 Å². The third kappa shape index (κ3) is 3.93. The largest absolute Gasteiger partial charge is 0.446 e. The van der Waals surface area contributed by atoms with E-state index >= 15 is 0 Å². The van der Waals surface area contributed by atoms with Crippen molar-refractivity contribution in [3.8, 4) is 0 Å². The van der Waals surface area contributed by atoms with Gasteiger partial charge in [0, 0.05) is 12.5 Å². The molecule has 2 N–H and O–H groups in total.